The molecule has 3 nitrogen and oxygen atoms in total. The number of rotatable bonds is 4. The average Bonchev–Trinajstić information content (AvgIpc) is 2.14. The minimum atomic E-state index is -0.373. The maximum Gasteiger partial charge on any atom is 0.251 e. The van der Waals surface area contributed by atoms with E-state index in [-0.39, 0.29) is 5.91 Å². The molecule has 0 aromatic heterocycles. The second-order valence-corrected chi connectivity index (χ2v) is 3.29. The maximum absolute atomic E-state index is 11.2. The third kappa shape index (κ3) is 2.25. The van der Waals surface area contributed by atoms with Gasteiger partial charge < -0.3 is 11.1 Å². The maximum atomic E-state index is 11.2. The fraction of sp³-hybridized carbons (Fsp3) is 0.364. The molecule has 0 aliphatic rings. The standard InChI is InChI=1S/C11H16N2O/c1-3-7-13-9-6-4-5-8(2)10(9)11(12)14/h4-6,13H,3,7H2,1-2H3,(H2,12,14). The summed E-state index contributed by atoms with van der Waals surface area (Å²) in [5.74, 6) is -0.373. The van der Waals surface area contributed by atoms with E-state index in [9.17, 15) is 4.79 Å². The summed E-state index contributed by atoms with van der Waals surface area (Å²) in [6.45, 7) is 4.81. The van der Waals surface area contributed by atoms with Crippen molar-refractivity contribution >= 4 is 11.6 Å². The molecule has 1 aromatic rings. The first kappa shape index (κ1) is 10.6. The third-order valence-corrected chi connectivity index (χ3v) is 2.08. The fourth-order valence-electron chi connectivity index (χ4n) is 1.40. The van der Waals surface area contributed by atoms with Gasteiger partial charge >= 0.3 is 0 Å². The highest BCUT2D eigenvalue weighted by molar-refractivity contribution is 5.99. The number of primary amides is 1. The van der Waals surface area contributed by atoms with Gasteiger partial charge in [-0.3, -0.25) is 4.79 Å². The van der Waals surface area contributed by atoms with Gasteiger partial charge in [-0.25, -0.2) is 0 Å². The summed E-state index contributed by atoms with van der Waals surface area (Å²) in [6, 6.07) is 5.68. The first-order valence-corrected chi connectivity index (χ1v) is 4.80. The first-order chi connectivity index (χ1) is 6.66. The summed E-state index contributed by atoms with van der Waals surface area (Å²) < 4.78 is 0. The van der Waals surface area contributed by atoms with Crippen molar-refractivity contribution in [3.05, 3.63) is 29.3 Å². The molecule has 3 N–H and O–H groups in total. The number of hydrogen-bond donors (Lipinski definition) is 2. The van der Waals surface area contributed by atoms with Crippen LogP contribution in [0.4, 0.5) is 5.69 Å². The van der Waals surface area contributed by atoms with Crippen LogP contribution >= 0.6 is 0 Å². The molecular formula is C11H16N2O. The molecule has 0 aliphatic heterocycles. The smallest absolute Gasteiger partial charge is 0.251 e. The number of nitrogens with two attached hydrogens (primary N) is 1. The highest BCUT2D eigenvalue weighted by Gasteiger charge is 2.09. The number of hydrogen-bond acceptors (Lipinski definition) is 2. The SMILES string of the molecule is CCCNc1cccc(C)c1C(N)=O. The third-order valence-electron chi connectivity index (χ3n) is 2.08. The van der Waals surface area contributed by atoms with E-state index in [1.54, 1.807) is 0 Å². The monoisotopic (exact) mass is 192 g/mol. The zero-order valence-corrected chi connectivity index (χ0v) is 8.63. The van der Waals surface area contributed by atoms with Crippen LogP contribution in [0.5, 0.6) is 0 Å². The van der Waals surface area contributed by atoms with Gasteiger partial charge in [0.05, 0.1) is 5.56 Å². The molecule has 0 bridgehead atoms. The second kappa shape index (κ2) is 4.65. The minimum absolute atomic E-state index is 0.373. The summed E-state index contributed by atoms with van der Waals surface area (Å²) in [5.41, 5.74) is 7.65. The predicted molar refractivity (Wildman–Crippen MR) is 58.5 cm³/mol. The van der Waals surface area contributed by atoms with Crippen LogP contribution in [-0.4, -0.2) is 12.5 Å². The lowest BCUT2D eigenvalue weighted by Gasteiger charge is -2.10. The Morgan fingerprint density at radius 3 is 2.79 bits per heavy atom. The van der Waals surface area contributed by atoms with E-state index in [1.165, 1.54) is 0 Å². The molecule has 1 aromatic carbocycles. The second-order valence-electron chi connectivity index (χ2n) is 3.29. The topological polar surface area (TPSA) is 55.1 Å². The van der Waals surface area contributed by atoms with Crippen molar-refractivity contribution in [1.29, 1.82) is 0 Å². The van der Waals surface area contributed by atoms with Crippen molar-refractivity contribution in [2.75, 3.05) is 11.9 Å². The quantitative estimate of drug-likeness (QED) is 0.765. The number of benzene rings is 1. The van der Waals surface area contributed by atoms with Crippen molar-refractivity contribution in [2.24, 2.45) is 5.73 Å². The van der Waals surface area contributed by atoms with Gasteiger partial charge in [0.25, 0.3) is 5.91 Å². The Balaban J connectivity index is 3.02. The normalized spacial score (nSPS) is 9.86. The lowest BCUT2D eigenvalue weighted by molar-refractivity contribution is 0.100. The number of carbonyl (C=O) groups is 1. The molecule has 0 saturated carbocycles. The van der Waals surface area contributed by atoms with Gasteiger partial charge in [-0.15, -0.1) is 0 Å². The Bertz CT molecular complexity index is 334. The number of amides is 1. The molecule has 14 heavy (non-hydrogen) atoms. The van der Waals surface area contributed by atoms with Gasteiger partial charge in [-0.2, -0.15) is 0 Å². The molecular weight excluding hydrogens is 176 g/mol. The van der Waals surface area contributed by atoms with E-state index in [4.69, 9.17) is 5.73 Å². The van der Waals surface area contributed by atoms with Crippen LogP contribution in [-0.2, 0) is 0 Å². The zero-order valence-electron chi connectivity index (χ0n) is 8.63. The lowest BCUT2D eigenvalue weighted by atomic mass is 10.1. The van der Waals surface area contributed by atoms with Crippen LogP contribution < -0.4 is 11.1 Å². The Hall–Kier alpha value is -1.51. The lowest BCUT2D eigenvalue weighted by Crippen LogP contribution is -2.16. The van der Waals surface area contributed by atoms with Gasteiger partial charge in [0.1, 0.15) is 0 Å². The molecule has 0 atom stereocenters. The molecule has 0 radical (unpaired) electrons. The number of nitrogens with one attached hydrogen (secondary N) is 1. The molecule has 0 aliphatic carbocycles. The molecule has 3 heteroatoms. The fourth-order valence-corrected chi connectivity index (χ4v) is 1.40. The minimum Gasteiger partial charge on any atom is -0.384 e. The van der Waals surface area contributed by atoms with Gasteiger partial charge in [0.15, 0.2) is 0 Å². The number of anilines is 1. The molecule has 0 fully saturated rings. The van der Waals surface area contributed by atoms with Crippen molar-refractivity contribution in [2.45, 2.75) is 20.3 Å². The van der Waals surface area contributed by atoms with Crippen LogP contribution in [0.2, 0.25) is 0 Å². The van der Waals surface area contributed by atoms with E-state index in [0.29, 0.717) is 5.56 Å². The largest absolute Gasteiger partial charge is 0.384 e. The Morgan fingerprint density at radius 2 is 2.21 bits per heavy atom. The summed E-state index contributed by atoms with van der Waals surface area (Å²) in [6.07, 6.45) is 1.02. The summed E-state index contributed by atoms with van der Waals surface area (Å²) >= 11 is 0. The summed E-state index contributed by atoms with van der Waals surface area (Å²) in [4.78, 5) is 11.2. The molecule has 1 rings (SSSR count). The van der Waals surface area contributed by atoms with Crippen molar-refractivity contribution in [3.8, 4) is 0 Å². The van der Waals surface area contributed by atoms with Crippen LogP contribution in [0.3, 0.4) is 0 Å². The van der Waals surface area contributed by atoms with Gasteiger partial charge in [0.2, 0.25) is 0 Å². The van der Waals surface area contributed by atoms with E-state index in [1.807, 2.05) is 25.1 Å². The highest BCUT2D eigenvalue weighted by Crippen LogP contribution is 2.18. The summed E-state index contributed by atoms with van der Waals surface area (Å²) in [7, 11) is 0. The Labute approximate surface area is 84.3 Å². The van der Waals surface area contributed by atoms with Crippen LogP contribution in [0.1, 0.15) is 29.3 Å². The molecule has 76 valence electrons. The van der Waals surface area contributed by atoms with E-state index < -0.39 is 0 Å². The van der Waals surface area contributed by atoms with Crippen LogP contribution in [0.25, 0.3) is 0 Å². The van der Waals surface area contributed by atoms with E-state index in [2.05, 4.69) is 12.2 Å². The molecule has 1 amide bonds. The number of carbonyl (C=O) groups excluding carboxylic acids is 1. The van der Waals surface area contributed by atoms with Crippen molar-refractivity contribution < 1.29 is 4.79 Å². The van der Waals surface area contributed by atoms with Gasteiger partial charge in [0, 0.05) is 12.2 Å². The number of aryl methyl sites for hydroxylation is 1. The highest BCUT2D eigenvalue weighted by atomic mass is 16.1. The average molecular weight is 192 g/mol. The predicted octanol–water partition coefficient (Wildman–Crippen LogP) is 1.92. The van der Waals surface area contributed by atoms with Crippen LogP contribution in [0, 0.1) is 6.92 Å². The Morgan fingerprint density at radius 1 is 1.50 bits per heavy atom. The van der Waals surface area contributed by atoms with Gasteiger partial charge in [-0.05, 0) is 25.0 Å². The van der Waals surface area contributed by atoms with Gasteiger partial charge in [-0.1, -0.05) is 19.1 Å². The van der Waals surface area contributed by atoms with Crippen molar-refractivity contribution in [1.82, 2.24) is 0 Å². The zero-order chi connectivity index (χ0) is 10.6. The molecule has 0 heterocycles. The Kier molecular flexibility index (Phi) is 3.51. The summed E-state index contributed by atoms with van der Waals surface area (Å²) in [5, 5.41) is 3.18. The van der Waals surface area contributed by atoms with E-state index >= 15 is 0 Å². The van der Waals surface area contributed by atoms with E-state index in [0.717, 1.165) is 24.2 Å². The van der Waals surface area contributed by atoms with Crippen molar-refractivity contribution in [3.63, 3.8) is 0 Å². The first-order valence-electron chi connectivity index (χ1n) is 4.80. The molecule has 0 spiro atoms. The van der Waals surface area contributed by atoms with Crippen LogP contribution in [0.15, 0.2) is 18.2 Å². The molecule has 0 unspecified atom stereocenters. The molecule has 0 saturated heterocycles.